The number of rotatable bonds is 1. The van der Waals surface area contributed by atoms with Crippen LogP contribution >= 0.6 is 0 Å². The zero-order valence-electron chi connectivity index (χ0n) is 11.3. The monoisotopic (exact) mass is 224 g/mol. The van der Waals surface area contributed by atoms with Crippen molar-refractivity contribution in [2.75, 3.05) is 26.7 Å². The molecule has 2 aliphatic heterocycles. The molecule has 1 atom stereocenters. The van der Waals surface area contributed by atoms with Crippen LogP contribution in [0.25, 0.3) is 0 Å². The average molecular weight is 224 g/mol. The van der Waals surface area contributed by atoms with Gasteiger partial charge in [0.2, 0.25) is 0 Å². The van der Waals surface area contributed by atoms with Crippen molar-refractivity contribution in [2.45, 2.75) is 52.1 Å². The lowest BCUT2D eigenvalue weighted by Crippen LogP contribution is -2.51. The van der Waals surface area contributed by atoms with Crippen LogP contribution in [-0.2, 0) is 0 Å². The van der Waals surface area contributed by atoms with Crippen molar-refractivity contribution in [3.63, 3.8) is 0 Å². The molecule has 0 radical (unpaired) electrons. The molecule has 0 saturated carbocycles. The predicted molar refractivity (Wildman–Crippen MR) is 71.6 cm³/mol. The molecule has 2 rings (SSSR count). The van der Waals surface area contributed by atoms with Crippen molar-refractivity contribution in [2.24, 2.45) is 0 Å². The summed E-state index contributed by atoms with van der Waals surface area (Å²) in [5.41, 5.74) is 0. The predicted octanol–water partition coefficient (Wildman–Crippen LogP) is 3.11. The highest BCUT2D eigenvalue weighted by Crippen LogP contribution is 2.18. The molecule has 0 bridgehead atoms. The number of hydrogen-bond donors (Lipinski definition) is 0. The van der Waals surface area contributed by atoms with Crippen LogP contribution in [0.15, 0.2) is 12.2 Å². The summed E-state index contributed by atoms with van der Waals surface area (Å²) in [6.45, 7) is 8.19. The van der Waals surface area contributed by atoms with Gasteiger partial charge in [0.15, 0.2) is 0 Å². The van der Waals surface area contributed by atoms with E-state index < -0.39 is 0 Å². The molecule has 0 N–H and O–H groups in total. The van der Waals surface area contributed by atoms with Crippen LogP contribution in [0, 0.1) is 0 Å². The van der Waals surface area contributed by atoms with E-state index in [0.717, 1.165) is 0 Å². The first-order valence-corrected chi connectivity index (χ1v) is 6.88. The molecule has 1 fully saturated rings. The Kier molecular flexibility index (Phi) is 6.74. The first-order valence-electron chi connectivity index (χ1n) is 6.88. The fraction of sp³-hybridized carbons (Fsp3) is 0.857. The van der Waals surface area contributed by atoms with Crippen LogP contribution in [0.5, 0.6) is 0 Å². The van der Waals surface area contributed by atoms with Crippen molar-refractivity contribution >= 4 is 0 Å². The van der Waals surface area contributed by atoms with Gasteiger partial charge in [-0.2, -0.15) is 0 Å². The largest absolute Gasteiger partial charge is 0.291 e. The Hall–Kier alpha value is -0.340. The lowest BCUT2D eigenvalue weighted by atomic mass is 10.2. The summed E-state index contributed by atoms with van der Waals surface area (Å²) in [6.07, 6.45) is 11.8. The summed E-state index contributed by atoms with van der Waals surface area (Å²) in [4.78, 5) is 5.10. The molecule has 0 aromatic rings. The van der Waals surface area contributed by atoms with E-state index in [1.807, 2.05) is 0 Å². The first kappa shape index (κ1) is 13.7. The Morgan fingerprint density at radius 3 is 2.50 bits per heavy atom. The zero-order valence-corrected chi connectivity index (χ0v) is 11.3. The lowest BCUT2D eigenvalue weighted by molar-refractivity contribution is 0.0279. The molecule has 2 heterocycles. The van der Waals surface area contributed by atoms with Crippen molar-refractivity contribution < 1.29 is 0 Å². The SMILES string of the molecule is CCCC.CN1CCCN2CCC=CCC12. The van der Waals surface area contributed by atoms with Crippen LogP contribution in [0.2, 0.25) is 0 Å². The van der Waals surface area contributed by atoms with Gasteiger partial charge in [0.1, 0.15) is 0 Å². The summed E-state index contributed by atoms with van der Waals surface area (Å²) in [6, 6.07) is 0. The Balaban J connectivity index is 0.000000280. The molecule has 2 aliphatic rings. The minimum absolute atomic E-state index is 0.692. The third-order valence-corrected chi connectivity index (χ3v) is 3.48. The van der Waals surface area contributed by atoms with E-state index in [9.17, 15) is 0 Å². The molecule has 0 aromatic carbocycles. The molecular formula is C14H28N2. The minimum atomic E-state index is 0.692. The topological polar surface area (TPSA) is 6.48 Å². The van der Waals surface area contributed by atoms with Gasteiger partial charge < -0.3 is 0 Å². The lowest BCUT2D eigenvalue weighted by Gasteiger charge is -2.41. The molecule has 2 heteroatoms. The normalized spacial score (nSPS) is 26.6. The van der Waals surface area contributed by atoms with Crippen LogP contribution in [0.4, 0.5) is 0 Å². The van der Waals surface area contributed by atoms with Gasteiger partial charge in [-0.05, 0) is 26.3 Å². The molecule has 0 aromatic heterocycles. The fourth-order valence-corrected chi connectivity index (χ4v) is 2.27. The molecule has 2 nitrogen and oxygen atoms in total. The number of fused-ring (bicyclic) bond motifs is 1. The number of nitrogens with zero attached hydrogens (tertiary/aromatic N) is 2. The van der Waals surface area contributed by atoms with E-state index >= 15 is 0 Å². The minimum Gasteiger partial charge on any atom is -0.291 e. The fourth-order valence-electron chi connectivity index (χ4n) is 2.27. The van der Waals surface area contributed by atoms with Crippen LogP contribution < -0.4 is 0 Å². The van der Waals surface area contributed by atoms with Gasteiger partial charge in [-0.25, -0.2) is 0 Å². The van der Waals surface area contributed by atoms with Crippen LogP contribution in [0.1, 0.15) is 46.0 Å². The van der Waals surface area contributed by atoms with E-state index in [-0.39, 0.29) is 0 Å². The smallest absolute Gasteiger partial charge is 0.0655 e. The van der Waals surface area contributed by atoms with Gasteiger partial charge in [0.05, 0.1) is 6.17 Å². The van der Waals surface area contributed by atoms with Gasteiger partial charge in [0, 0.05) is 19.6 Å². The Morgan fingerprint density at radius 2 is 1.81 bits per heavy atom. The van der Waals surface area contributed by atoms with E-state index in [1.165, 1.54) is 51.7 Å². The second-order valence-electron chi connectivity index (χ2n) is 4.85. The average Bonchev–Trinajstić information content (AvgIpc) is 2.56. The Bertz CT molecular complexity index is 199. The summed E-state index contributed by atoms with van der Waals surface area (Å²) in [5, 5.41) is 0. The Labute approximate surface area is 101 Å². The van der Waals surface area contributed by atoms with Crippen molar-refractivity contribution in [1.82, 2.24) is 9.80 Å². The van der Waals surface area contributed by atoms with E-state index in [0.29, 0.717) is 6.17 Å². The molecule has 1 saturated heterocycles. The summed E-state index contributed by atoms with van der Waals surface area (Å²) >= 11 is 0. The van der Waals surface area contributed by atoms with Gasteiger partial charge in [-0.15, -0.1) is 0 Å². The highest BCUT2D eigenvalue weighted by atomic mass is 15.4. The van der Waals surface area contributed by atoms with Gasteiger partial charge >= 0.3 is 0 Å². The molecule has 0 aliphatic carbocycles. The standard InChI is InChI=1S/C10H18N2.C4H10/c1-11-7-5-9-12-8-4-2-3-6-10(11)12;1-3-4-2/h2-3,10H,4-9H2,1H3;3-4H2,1-2H3. The quantitative estimate of drug-likeness (QED) is 0.632. The molecular weight excluding hydrogens is 196 g/mol. The molecule has 16 heavy (non-hydrogen) atoms. The third-order valence-electron chi connectivity index (χ3n) is 3.48. The van der Waals surface area contributed by atoms with Gasteiger partial charge in [0.25, 0.3) is 0 Å². The number of hydrogen-bond acceptors (Lipinski definition) is 2. The number of unbranched alkanes of at least 4 members (excludes halogenated alkanes) is 1. The maximum absolute atomic E-state index is 2.61. The Morgan fingerprint density at radius 1 is 1.06 bits per heavy atom. The maximum Gasteiger partial charge on any atom is 0.0655 e. The molecule has 94 valence electrons. The maximum atomic E-state index is 2.61. The first-order chi connectivity index (χ1) is 7.79. The van der Waals surface area contributed by atoms with Crippen molar-refractivity contribution in [3.8, 4) is 0 Å². The summed E-state index contributed by atoms with van der Waals surface area (Å²) < 4.78 is 0. The van der Waals surface area contributed by atoms with Crippen molar-refractivity contribution in [1.29, 1.82) is 0 Å². The third kappa shape index (κ3) is 4.26. The second kappa shape index (κ2) is 7.86. The van der Waals surface area contributed by atoms with Crippen LogP contribution in [0.3, 0.4) is 0 Å². The van der Waals surface area contributed by atoms with Gasteiger partial charge in [-0.3, -0.25) is 9.80 Å². The van der Waals surface area contributed by atoms with Crippen LogP contribution in [-0.4, -0.2) is 42.6 Å². The molecule has 0 spiro atoms. The van der Waals surface area contributed by atoms with Crippen molar-refractivity contribution in [3.05, 3.63) is 12.2 Å². The second-order valence-corrected chi connectivity index (χ2v) is 4.85. The highest BCUT2D eigenvalue weighted by molar-refractivity contribution is 4.93. The van der Waals surface area contributed by atoms with Gasteiger partial charge in [-0.1, -0.05) is 38.8 Å². The van der Waals surface area contributed by atoms with E-state index in [1.54, 1.807) is 0 Å². The highest BCUT2D eigenvalue weighted by Gasteiger charge is 2.25. The summed E-state index contributed by atoms with van der Waals surface area (Å²) in [5.74, 6) is 0. The molecule has 0 amide bonds. The summed E-state index contributed by atoms with van der Waals surface area (Å²) in [7, 11) is 2.25. The van der Waals surface area contributed by atoms with E-state index in [4.69, 9.17) is 0 Å². The zero-order chi connectivity index (χ0) is 11.8. The van der Waals surface area contributed by atoms with E-state index in [2.05, 4.69) is 42.8 Å². The molecule has 1 unspecified atom stereocenters.